The molecule has 5 aliphatic carbocycles. The van der Waals surface area contributed by atoms with Crippen LogP contribution >= 0.6 is 0 Å². The van der Waals surface area contributed by atoms with Gasteiger partial charge >= 0.3 is 0 Å². The van der Waals surface area contributed by atoms with Gasteiger partial charge in [0.2, 0.25) is 0 Å². The third kappa shape index (κ3) is 1.96. The molecule has 1 spiro atoms. The summed E-state index contributed by atoms with van der Waals surface area (Å²) in [5.74, 6) is 1.94. The van der Waals surface area contributed by atoms with Crippen LogP contribution in [0.2, 0.25) is 0 Å². The first-order chi connectivity index (χ1) is 12.4. The molecule has 0 aromatic heterocycles. The minimum absolute atomic E-state index is 0.176. The fourth-order valence-electron chi connectivity index (χ4n) is 7.90. The molecule has 0 N–H and O–H groups in total. The quantitative estimate of drug-likeness (QED) is 0.370. The average molecular weight is 349 g/mol. The van der Waals surface area contributed by atoms with Crippen LogP contribution in [0.5, 0.6) is 0 Å². The molecule has 0 amide bonds. The van der Waals surface area contributed by atoms with Gasteiger partial charge < -0.3 is 0 Å². The lowest BCUT2D eigenvalue weighted by Gasteiger charge is -2.55. The van der Waals surface area contributed by atoms with Gasteiger partial charge in [0, 0.05) is 11.8 Å². The molecule has 5 atom stereocenters. The topological polar surface area (TPSA) is 17.1 Å². The number of ketones is 1. The molecule has 1 nitrogen and oxygen atoms in total. The lowest BCUT2D eigenvalue weighted by atomic mass is 9.49. The summed E-state index contributed by atoms with van der Waals surface area (Å²) in [7, 11) is 0. The van der Waals surface area contributed by atoms with Crippen molar-refractivity contribution in [3.05, 3.63) is 41.2 Å². The lowest BCUT2D eigenvalue weighted by Crippen LogP contribution is -2.47. The van der Waals surface area contributed by atoms with Crippen LogP contribution < -0.4 is 0 Å². The van der Waals surface area contributed by atoms with Crippen molar-refractivity contribution in [1.82, 2.24) is 0 Å². The summed E-state index contributed by atoms with van der Waals surface area (Å²) >= 11 is 0. The first kappa shape index (κ1) is 16.8. The Bertz CT molecular complexity index is 791. The van der Waals surface area contributed by atoms with Gasteiger partial charge in [-0.15, -0.1) is 5.73 Å². The summed E-state index contributed by atoms with van der Waals surface area (Å²) in [6.07, 6.45) is 16.7. The Morgan fingerprint density at radius 1 is 1.12 bits per heavy atom. The van der Waals surface area contributed by atoms with Crippen molar-refractivity contribution in [2.45, 2.75) is 78.1 Å². The second kappa shape index (κ2) is 5.35. The Hall–Kier alpha value is -1.33. The van der Waals surface area contributed by atoms with Gasteiger partial charge in [-0.05, 0) is 92.1 Å². The van der Waals surface area contributed by atoms with Crippen LogP contribution in [0.25, 0.3) is 0 Å². The summed E-state index contributed by atoms with van der Waals surface area (Å²) in [6, 6.07) is 0. The molecule has 0 aromatic carbocycles. The third-order valence-corrected chi connectivity index (χ3v) is 9.58. The Morgan fingerprint density at radius 2 is 1.96 bits per heavy atom. The maximum absolute atomic E-state index is 12.0. The highest BCUT2D eigenvalue weighted by Crippen LogP contribution is 2.72. The Labute approximate surface area is 158 Å². The van der Waals surface area contributed by atoms with E-state index in [1.165, 1.54) is 56.1 Å². The number of fused-ring (bicyclic) bond motifs is 6. The largest absolute Gasteiger partial charge is 0.295 e. The maximum atomic E-state index is 12.0. The highest BCUT2D eigenvalue weighted by atomic mass is 16.1. The van der Waals surface area contributed by atoms with Crippen molar-refractivity contribution in [3.63, 3.8) is 0 Å². The highest BCUT2D eigenvalue weighted by molar-refractivity contribution is 5.92. The van der Waals surface area contributed by atoms with E-state index in [1.54, 1.807) is 5.57 Å². The predicted octanol–water partition coefficient (Wildman–Crippen LogP) is 6.32. The van der Waals surface area contributed by atoms with Crippen molar-refractivity contribution < 1.29 is 4.79 Å². The molecular weight excluding hydrogens is 316 g/mol. The maximum Gasteiger partial charge on any atom is 0.155 e. The zero-order chi connectivity index (χ0) is 18.2. The molecule has 0 aromatic rings. The van der Waals surface area contributed by atoms with Crippen molar-refractivity contribution in [2.75, 3.05) is 0 Å². The SMILES string of the molecule is C=C=C1CCC2(CCC3C4CCC5=CC(=O)CCC5(C)C4=CCC32C)C1. The number of carbonyl (C=O) groups excluding carboxylic acids is 1. The number of allylic oxidation sites excluding steroid dienone is 5. The van der Waals surface area contributed by atoms with E-state index < -0.39 is 0 Å². The monoisotopic (exact) mass is 348 g/mol. The molecule has 5 aliphatic rings. The molecule has 0 aliphatic heterocycles. The summed E-state index contributed by atoms with van der Waals surface area (Å²) in [4.78, 5) is 12.0. The molecule has 3 saturated carbocycles. The summed E-state index contributed by atoms with van der Waals surface area (Å²) < 4.78 is 0. The smallest absolute Gasteiger partial charge is 0.155 e. The Kier molecular flexibility index (Phi) is 3.46. The average Bonchev–Trinajstić information content (AvgIpc) is 3.18. The van der Waals surface area contributed by atoms with Crippen LogP contribution in [0.4, 0.5) is 0 Å². The van der Waals surface area contributed by atoms with Crippen LogP contribution in [-0.2, 0) is 4.79 Å². The normalized spacial score (nSPS) is 47.0. The first-order valence-corrected chi connectivity index (χ1v) is 10.7. The molecule has 0 saturated heterocycles. The van der Waals surface area contributed by atoms with Crippen LogP contribution in [0.1, 0.15) is 78.1 Å². The fraction of sp³-hybridized carbons (Fsp3) is 0.680. The predicted molar refractivity (Wildman–Crippen MR) is 106 cm³/mol. The summed E-state index contributed by atoms with van der Waals surface area (Å²) in [6.45, 7) is 8.99. The minimum Gasteiger partial charge on any atom is -0.295 e. The van der Waals surface area contributed by atoms with Gasteiger partial charge in [-0.3, -0.25) is 4.79 Å². The second-order valence-electron chi connectivity index (χ2n) is 10.3. The number of rotatable bonds is 0. The van der Waals surface area contributed by atoms with Crippen molar-refractivity contribution in [2.24, 2.45) is 28.1 Å². The standard InChI is InChI=1S/C25H32O/c1-4-17-7-13-25(16-17)14-10-22-20-6-5-18-15-19(26)8-11-23(18,2)21(20)9-12-24(22,25)3/h9,15,20,22H,1,5-8,10-14,16H2,2-3H3. The minimum atomic E-state index is 0.176. The molecule has 3 fully saturated rings. The zero-order valence-electron chi connectivity index (χ0n) is 16.5. The van der Waals surface area contributed by atoms with E-state index in [0.29, 0.717) is 16.6 Å². The lowest BCUT2D eigenvalue weighted by molar-refractivity contribution is -0.115. The van der Waals surface area contributed by atoms with E-state index in [9.17, 15) is 4.79 Å². The molecule has 0 bridgehead atoms. The second-order valence-corrected chi connectivity index (χ2v) is 10.3. The molecule has 0 heterocycles. The van der Waals surface area contributed by atoms with E-state index in [-0.39, 0.29) is 5.41 Å². The molecular formula is C25H32O. The van der Waals surface area contributed by atoms with Gasteiger partial charge in [0.05, 0.1) is 0 Å². The molecule has 26 heavy (non-hydrogen) atoms. The van der Waals surface area contributed by atoms with E-state index in [0.717, 1.165) is 31.1 Å². The number of hydrogen-bond donors (Lipinski definition) is 0. The molecule has 138 valence electrons. The van der Waals surface area contributed by atoms with Crippen molar-refractivity contribution >= 4 is 5.78 Å². The van der Waals surface area contributed by atoms with Crippen LogP contribution in [-0.4, -0.2) is 5.78 Å². The van der Waals surface area contributed by atoms with Gasteiger partial charge in [0.1, 0.15) is 0 Å². The highest BCUT2D eigenvalue weighted by Gasteiger charge is 2.62. The summed E-state index contributed by atoms with van der Waals surface area (Å²) in [5.41, 5.74) is 8.99. The van der Waals surface area contributed by atoms with E-state index >= 15 is 0 Å². The van der Waals surface area contributed by atoms with Gasteiger partial charge in [0.25, 0.3) is 0 Å². The van der Waals surface area contributed by atoms with Crippen LogP contribution in [0.15, 0.2) is 41.2 Å². The molecule has 1 heteroatoms. The number of hydrogen-bond acceptors (Lipinski definition) is 1. The van der Waals surface area contributed by atoms with Crippen molar-refractivity contribution in [1.29, 1.82) is 0 Å². The molecule has 5 rings (SSSR count). The number of carbonyl (C=O) groups is 1. The Balaban J connectivity index is 1.55. The van der Waals surface area contributed by atoms with Crippen LogP contribution in [0.3, 0.4) is 0 Å². The Morgan fingerprint density at radius 3 is 2.73 bits per heavy atom. The molecule has 0 radical (unpaired) electrons. The zero-order valence-corrected chi connectivity index (χ0v) is 16.5. The first-order valence-electron chi connectivity index (χ1n) is 10.7. The van der Waals surface area contributed by atoms with Gasteiger partial charge in [-0.1, -0.05) is 37.6 Å². The van der Waals surface area contributed by atoms with E-state index in [2.05, 4.69) is 32.2 Å². The van der Waals surface area contributed by atoms with Crippen LogP contribution in [0, 0.1) is 28.1 Å². The molecule has 5 unspecified atom stereocenters. The van der Waals surface area contributed by atoms with Crippen molar-refractivity contribution in [3.8, 4) is 0 Å². The van der Waals surface area contributed by atoms with Gasteiger partial charge in [0.15, 0.2) is 5.78 Å². The van der Waals surface area contributed by atoms with Gasteiger partial charge in [-0.2, -0.15) is 0 Å². The van der Waals surface area contributed by atoms with Gasteiger partial charge in [-0.25, -0.2) is 0 Å². The van der Waals surface area contributed by atoms with E-state index in [1.807, 2.05) is 6.08 Å². The fourth-order valence-corrected chi connectivity index (χ4v) is 7.90. The third-order valence-electron chi connectivity index (χ3n) is 9.58. The summed E-state index contributed by atoms with van der Waals surface area (Å²) in [5, 5.41) is 0. The van der Waals surface area contributed by atoms with E-state index in [4.69, 9.17) is 0 Å².